The van der Waals surface area contributed by atoms with E-state index < -0.39 is 0 Å². The molecule has 2 N–H and O–H groups in total. The van der Waals surface area contributed by atoms with Crippen LogP contribution in [0.3, 0.4) is 0 Å². The zero-order chi connectivity index (χ0) is 13.9. The van der Waals surface area contributed by atoms with Gasteiger partial charge in [-0.1, -0.05) is 17.7 Å². The summed E-state index contributed by atoms with van der Waals surface area (Å²) in [6.45, 7) is 0.356. The third kappa shape index (κ3) is 2.48. The first kappa shape index (κ1) is 12.6. The van der Waals surface area contributed by atoms with Crippen molar-refractivity contribution in [2.75, 3.05) is 0 Å². The lowest BCUT2D eigenvalue weighted by molar-refractivity contribution is 0.0947. The molecule has 0 aliphatic rings. The highest BCUT2D eigenvalue weighted by Gasteiger charge is 2.14. The van der Waals surface area contributed by atoms with Crippen LogP contribution in [0.4, 0.5) is 0 Å². The Kier molecular flexibility index (Phi) is 3.35. The number of carbonyl (C=O) groups is 1. The van der Waals surface area contributed by atoms with Gasteiger partial charge in [-0.15, -0.1) is 0 Å². The molecule has 1 amide bonds. The molecule has 2 heterocycles. The number of nitrogens with one attached hydrogen (secondary N) is 2. The van der Waals surface area contributed by atoms with E-state index in [1.54, 1.807) is 24.4 Å². The van der Waals surface area contributed by atoms with Gasteiger partial charge in [0.15, 0.2) is 5.69 Å². The summed E-state index contributed by atoms with van der Waals surface area (Å²) in [4.78, 5) is 16.3. The van der Waals surface area contributed by atoms with Crippen LogP contribution in [-0.4, -0.2) is 21.1 Å². The van der Waals surface area contributed by atoms with Crippen LogP contribution < -0.4 is 5.32 Å². The quantitative estimate of drug-likeness (QED) is 0.777. The highest BCUT2D eigenvalue weighted by atomic mass is 35.5. The summed E-state index contributed by atoms with van der Waals surface area (Å²) in [5, 5.41) is 10.9. The smallest absolute Gasteiger partial charge is 0.272 e. The Morgan fingerprint density at radius 3 is 3.00 bits per heavy atom. The van der Waals surface area contributed by atoms with Crippen molar-refractivity contribution in [2.45, 2.75) is 6.54 Å². The molecule has 1 aromatic carbocycles. The maximum absolute atomic E-state index is 12.1. The van der Waals surface area contributed by atoms with Gasteiger partial charge in [0, 0.05) is 16.6 Å². The lowest BCUT2D eigenvalue weighted by Crippen LogP contribution is -2.23. The second-order valence-electron chi connectivity index (χ2n) is 4.27. The number of pyridine rings is 1. The van der Waals surface area contributed by atoms with Gasteiger partial charge in [-0.3, -0.25) is 14.9 Å². The summed E-state index contributed by atoms with van der Waals surface area (Å²) < 4.78 is 0. The molecule has 0 spiro atoms. The van der Waals surface area contributed by atoms with Crippen molar-refractivity contribution in [3.8, 4) is 0 Å². The molecule has 0 saturated carbocycles. The number of aromatic nitrogens is 3. The maximum Gasteiger partial charge on any atom is 0.272 e. The summed E-state index contributed by atoms with van der Waals surface area (Å²) in [5.74, 6) is -0.260. The van der Waals surface area contributed by atoms with Gasteiger partial charge in [0.1, 0.15) is 0 Å². The molecule has 6 heteroatoms. The molecule has 0 unspecified atom stereocenters. The van der Waals surface area contributed by atoms with Crippen molar-refractivity contribution in [2.24, 2.45) is 0 Å². The van der Waals surface area contributed by atoms with Crippen LogP contribution in [0.5, 0.6) is 0 Å². The van der Waals surface area contributed by atoms with Crippen LogP contribution in [-0.2, 0) is 6.54 Å². The van der Waals surface area contributed by atoms with E-state index in [9.17, 15) is 4.79 Å². The van der Waals surface area contributed by atoms with E-state index >= 15 is 0 Å². The lowest BCUT2D eigenvalue weighted by atomic mass is 10.2. The summed E-state index contributed by atoms with van der Waals surface area (Å²) in [5.41, 5.74) is 1.90. The molecule has 3 rings (SSSR count). The number of hydrogen-bond acceptors (Lipinski definition) is 3. The maximum atomic E-state index is 12.1. The third-order valence-corrected chi connectivity index (χ3v) is 3.13. The number of carbonyl (C=O) groups excluding carboxylic acids is 1. The number of rotatable bonds is 3. The van der Waals surface area contributed by atoms with Crippen molar-refractivity contribution in [1.29, 1.82) is 0 Å². The minimum absolute atomic E-state index is 0.260. The van der Waals surface area contributed by atoms with E-state index in [-0.39, 0.29) is 5.91 Å². The first-order valence-electron chi connectivity index (χ1n) is 6.06. The number of halogens is 1. The Hall–Kier alpha value is -2.40. The Bertz CT molecular complexity index is 754. The number of H-pyrrole nitrogens is 1. The van der Waals surface area contributed by atoms with E-state index in [0.29, 0.717) is 22.6 Å². The molecular weight excluding hydrogens is 276 g/mol. The summed E-state index contributed by atoms with van der Waals surface area (Å²) in [7, 11) is 0. The van der Waals surface area contributed by atoms with E-state index in [1.165, 1.54) is 0 Å². The molecule has 20 heavy (non-hydrogen) atoms. The largest absolute Gasteiger partial charge is 0.345 e. The van der Waals surface area contributed by atoms with Gasteiger partial charge in [0.2, 0.25) is 0 Å². The predicted octanol–water partition coefficient (Wildman–Crippen LogP) is 2.54. The second-order valence-corrected chi connectivity index (χ2v) is 4.70. The second kappa shape index (κ2) is 5.30. The predicted molar refractivity (Wildman–Crippen MR) is 76.5 cm³/mol. The molecule has 0 aliphatic carbocycles. The van der Waals surface area contributed by atoms with Crippen LogP contribution in [0.2, 0.25) is 5.02 Å². The number of nitrogens with zero attached hydrogens (tertiary/aromatic N) is 2. The van der Waals surface area contributed by atoms with E-state index in [0.717, 1.165) is 11.2 Å². The number of amides is 1. The highest BCUT2D eigenvalue weighted by Crippen LogP contribution is 2.20. The fourth-order valence-electron chi connectivity index (χ4n) is 1.92. The van der Waals surface area contributed by atoms with Gasteiger partial charge >= 0.3 is 0 Å². The van der Waals surface area contributed by atoms with Gasteiger partial charge < -0.3 is 5.32 Å². The first-order valence-corrected chi connectivity index (χ1v) is 6.43. The highest BCUT2D eigenvalue weighted by molar-refractivity contribution is 6.31. The van der Waals surface area contributed by atoms with Gasteiger partial charge in [0.05, 0.1) is 17.8 Å². The molecule has 0 atom stereocenters. The minimum atomic E-state index is -0.260. The molecule has 0 fully saturated rings. The summed E-state index contributed by atoms with van der Waals surface area (Å²) >= 11 is 5.94. The lowest BCUT2D eigenvalue weighted by Gasteiger charge is -2.02. The van der Waals surface area contributed by atoms with Gasteiger partial charge in [-0.05, 0) is 30.3 Å². The zero-order valence-corrected chi connectivity index (χ0v) is 11.2. The van der Waals surface area contributed by atoms with Crippen molar-refractivity contribution in [3.63, 3.8) is 0 Å². The fourth-order valence-corrected chi connectivity index (χ4v) is 2.09. The fraction of sp³-hybridized carbons (Fsp3) is 0.0714. The molecule has 0 saturated heterocycles. The zero-order valence-electron chi connectivity index (χ0n) is 10.4. The van der Waals surface area contributed by atoms with Crippen LogP contribution in [0.1, 0.15) is 16.2 Å². The first-order chi connectivity index (χ1) is 9.74. The van der Waals surface area contributed by atoms with Crippen molar-refractivity contribution < 1.29 is 4.79 Å². The van der Waals surface area contributed by atoms with Crippen molar-refractivity contribution in [1.82, 2.24) is 20.5 Å². The Morgan fingerprint density at radius 1 is 1.30 bits per heavy atom. The molecule has 0 bridgehead atoms. The number of aromatic amines is 1. The summed E-state index contributed by atoms with van der Waals surface area (Å²) in [6, 6.07) is 10.8. The van der Waals surface area contributed by atoms with Crippen LogP contribution in [0, 0.1) is 0 Å². The monoisotopic (exact) mass is 286 g/mol. The Balaban J connectivity index is 1.80. The molecule has 100 valence electrons. The van der Waals surface area contributed by atoms with E-state index in [2.05, 4.69) is 20.5 Å². The Morgan fingerprint density at radius 2 is 2.20 bits per heavy atom. The molecule has 0 aliphatic heterocycles. The van der Waals surface area contributed by atoms with E-state index in [1.807, 2.05) is 18.2 Å². The van der Waals surface area contributed by atoms with Gasteiger partial charge in [-0.25, -0.2) is 0 Å². The third-order valence-electron chi connectivity index (χ3n) is 2.90. The normalized spacial score (nSPS) is 10.7. The van der Waals surface area contributed by atoms with Crippen molar-refractivity contribution in [3.05, 3.63) is 59.0 Å². The Labute approximate surface area is 120 Å². The number of benzene rings is 1. The van der Waals surface area contributed by atoms with E-state index in [4.69, 9.17) is 11.6 Å². The molecule has 2 aromatic heterocycles. The van der Waals surface area contributed by atoms with Gasteiger partial charge in [-0.2, -0.15) is 5.10 Å². The van der Waals surface area contributed by atoms with Crippen LogP contribution in [0.15, 0.2) is 42.6 Å². The molecule has 3 aromatic rings. The SMILES string of the molecule is O=C(NCc1ccccn1)c1n[nH]c2ccc(Cl)cc12. The standard InChI is InChI=1S/C14H11ClN4O/c15-9-4-5-12-11(7-9)13(19-18-12)14(20)17-8-10-3-1-2-6-16-10/h1-7H,8H2,(H,17,20)(H,18,19). The summed E-state index contributed by atoms with van der Waals surface area (Å²) in [6.07, 6.45) is 1.69. The average molecular weight is 287 g/mol. The molecular formula is C14H11ClN4O. The molecule has 5 nitrogen and oxygen atoms in total. The van der Waals surface area contributed by atoms with Gasteiger partial charge in [0.25, 0.3) is 5.91 Å². The topological polar surface area (TPSA) is 70.7 Å². The van der Waals surface area contributed by atoms with Crippen LogP contribution >= 0.6 is 11.6 Å². The van der Waals surface area contributed by atoms with Crippen LogP contribution in [0.25, 0.3) is 10.9 Å². The average Bonchev–Trinajstić information content (AvgIpc) is 2.89. The number of hydrogen-bond donors (Lipinski definition) is 2. The molecule has 0 radical (unpaired) electrons. The minimum Gasteiger partial charge on any atom is -0.345 e. The number of fused-ring (bicyclic) bond motifs is 1. The van der Waals surface area contributed by atoms with Crippen molar-refractivity contribution >= 4 is 28.4 Å².